The van der Waals surface area contributed by atoms with E-state index in [9.17, 15) is 18.0 Å². The fourth-order valence-electron chi connectivity index (χ4n) is 5.57. The van der Waals surface area contributed by atoms with Crippen molar-refractivity contribution in [3.63, 3.8) is 0 Å². The summed E-state index contributed by atoms with van der Waals surface area (Å²) in [6.45, 7) is 14.0. The number of benzene rings is 1. The highest BCUT2D eigenvalue weighted by Crippen LogP contribution is 2.43. The lowest BCUT2D eigenvalue weighted by Gasteiger charge is -2.42. The van der Waals surface area contributed by atoms with Crippen LogP contribution in [0.15, 0.2) is 48.2 Å². The van der Waals surface area contributed by atoms with Crippen LogP contribution in [0.4, 0.5) is 28.8 Å². The maximum absolute atomic E-state index is 13.1. The second-order valence-electron chi connectivity index (χ2n) is 11.2. The van der Waals surface area contributed by atoms with Gasteiger partial charge in [-0.25, -0.2) is 19.7 Å². The Morgan fingerprint density at radius 3 is 2.37 bits per heavy atom. The van der Waals surface area contributed by atoms with Crippen LogP contribution < -0.4 is 15.4 Å². The van der Waals surface area contributed by atoms with Crippen molar-refractivity contribution in [2.45, 2.75) is 70.3 Å². The first-order chi connectivity index (χ1) is 20.3. The number of thiophene rings is 1. The molecule has 0 saturated carbocycles. The number of nitrogens with zero attached hydrogens (tertiary/aromatic N) is 3. The molecule has 1 unspecified atom stereocenters. The maximum atomic E-state index is 13.1. The Kier molecular flexibility index (Phi) is 10.5. The van der Waals surface area contributed by atoms with E-state index < -0.39 is 26.1 Å². The van der Waals surface area contributed by atoms with Gasteiger partial charge < -0.3 is 14.5 Å². The van der Waals surface area contributed by atoms with Gasteiger partial charge in [0.2, 0.25) is 5.88 Å². The summed E-state index contributed by atoms with van der Waals surface area (Å²) in [5, 5.41) is 7.31. The van der Waals surface area contributed by atoms with Crippen molar-refractivity contribution in [2.75, 3.05) is 23.8 Å². The van der Waals surface area contributed by atoms with Crippen LogP contribution in [0.1, 0.15) is 57.9 Å². The lowest BCUT2D eigenvalue weighted by atomic mass is 10.1. The zero-order valence-electron chi connectivity index (χ0n) is 24.9. The molecule has 0 aliphatic rings. The number of carbonyl (C=O) groups is 1. The molecule has 14 heteroatoms. The van der Waals surface area contributed by atoms with Gasteiger partial charge in [-0.1, -0.05) is 47.6 Å². The number of halogens is 3. The Bertz CT molecular complexity index is 1500. The van der Waals surface area contributed by atoms with E-state index in [2.05, 4.69) is 67.1 Å². The van der Waals surface area contributed by atoms with Crippen molar-refractivity contribution in [1.82, 2.24) is 15.0 Å². The number of anilines is 2. The average Bonchev–Trinajstić information content (AvgIpc) is 3.60. The predicted octanol–water partition coefficient (Wildman–Crippen LogP) is 9.17. The van der Waals surface area contributed by atoms with Gasteiger partial charge in [0, 0.05) is 23.4 Å². The molecule has 0 radical (unpaired) electrons. The Morgan fingerprint density at radius 1 is 0.977 bits per heavy atom. The third-order valence-electron chi connectivity index (χ3n) is 7.47. The number of hydrogen-bond donors (Lipinski definition) is 2. The number of rotatable bonds is 12. The van der Waals surface area contributed by atoms with Gasteiger partial charge in [-0.2, -0.15) is 13.2 Å². The topological polar surface area (TPSA) is 98.3 Å². The number of thiazole rings is 1. The minimum atomic E-state index is -4.51. The molecule has 0 aliphatic heterocycles. The number of carbonyl (C=O) groups excluding carboxylic acids is 1. The van der Waals surface area contributed by atoms with Crippen LogP contribution >= 0.6 is 22.7 Å². The van der Waals surface area contributed by atoms with Crippen molar-refractivity contribution < 1.29 is 27.1 Å². The minimum Gasteiger partial charge on any atom is -0.476 e. The van der Waals surface area contributed by atoms with Crippen LogP contribution in [0.2, 0.25) is 16.6 Å². The Labute approximate surface area is 258 Å². The number of alkyl halides is 3. The number of aromatic nitrogens is 3. The van der Waals surface area contributed by atoms with Crippen LogP contribution in [-0.2, 0) is 10.6 Å². The molecule has 0 spiro atoms. The molecule has 4 aromatic rings. The molecule has 1 aromatic carbocycles. The minimum absolute atomic E-state index is 0.0193. The van der Waals surface area contributed by atoms with E-state index in [1.165, 1.54) is 41.1 Å². The van der Waals surface area contributed by atoms with E-state index in [0.29, 0.717) is 34.2 Å². The van der Waals surface area contributed by atoms with Crippen molar-refractivity contribution in [1.29, 1.82) is 0 Å². The second-order valence-corrected chi connectivity index (χ2v) is 18.6. The Balaban J connectivity index is 1.53. The SMILES string of the molecule is CC(C)[Si](OCC(COc1ncnc2ccsc12)c1cnc(NC(=O)Nc2cccc(C(F)(F)F)c2)s1)(C(C)C)C(C)C. The zero-order chi connectivity index (χ0) is 31.4. The molecule has 232 valence electrons. The third kappa shape index (κ3) is 7.72. The van der Waals surface area contributed by atoms with Crippen molar-refractivity contribution in [3.8, 4) is 5.88 Å². The monoisotopic (exact) mass is 651 g/mol. The molecule has 3 aromatic heterocycles. The smallest absolute Gasteiger partial charge is 0.416 e. The molecule has 2 N–H and O–H groups in total. The van der Waals surface area contributed by atoms with Gasteiger partial charge in [0.15, 0.2) is 13.4 Å². The summed E-state index contributed by atoms with van der Waals surface area (Å²) in [5.74, 6) is 0.279. The molecular weight excluding hydrogens is 616 g/mol. The normalized spacial score (nSPS) is 13.2. The van der Waals surface area contributed by atoms with Gasteiger partial charge in [0.25, 0.3) is 0 Å². The van der Waals surface area contributed by atoms with Crippen molar-refractivity contribution in [3.05, 3.63) is 58.7 Å². The number of fused-ring (bicyclic) bond motifs is 1. The summed E-state index contributed by atoms with van der Waals surface area (Å²) < 4.78 is 53.2. The van der Waals surface area contributed by atoms with Crippen LogP contribution in [0.25, 0.3) is 10.2 Å². The number of nitrogens with one attached hydrogen (secondary N) is 2. The molecule has 0 aliphatic carbocycles. The summed E-state index contributed by atoms with van der Waals surface area (Å²) in [6, 6.07) is 5.66. The standard InChI is InChI=1S/C29H36F3N5O3S2Si/c1-17(2)43(18(3)4,19(5)6)40-15-20(14-39-26-25-23(10-11-41-25)34-16-35-26)24-13-33-28(42-24)37-27(38)36-22-9-7-8-21(12-22)29(30,31)32/h7-13,16-20H,14-15H2,1-6H3,(H2,33,36,37,38). The number of ether oxygens (including phenoxy) is 1. The fraction of sp³-hybridized carbons (Fsp3) is 0.448. The average molecular weight is 652 g/mol. The first kappa shape index (κ1) is 32.8. The van der Waals surface area contributed by atoms with Crippen LogP contribution in [0, 0.1) is 0 Å². The highest BCUT2D eigenvalue weighted by molar-refractivity contribution is 7.17. The second kappa shape index (κ2) is 13.7. The number of urea groups is 1. The van der Waals surface area contributed by atoms with E-state index in [0.717, 1.165) is 27.2 Å². The molecule has 3 heterocycles. The largest absolute Gasteiger partial charge is 0.476 e. The van der Waals surface area contributed by atoms with E-state index in [4.69, 9.17) is 9.16 Å². The van der Waals surface area contributed by atoms with Gasteiger partial charge in [-0.05, 0) is 46.3 Å². The van der Waals surface area contributed by atoms with Gasteiger partial charge in [-0.15, -0.1) is 22.7 Å². The van der Waals surface area contributed by atoms with Gasteiger partial charge in [0.05, 0.1) is 23.6 Å². The predicted molar refractivity (Wildman–Crippen MR) is 169 cm³/mol. The van der Waals surface area contributed by atoms with Crippen molar-refractivity contribution >= 4 is 58.1 Å². The first-order valence-corrected chi connectivity index (χ1v) is 17.8. The van der Waals surface area contributed by atoms with Gasteiger partial charge in [0.1, 0.15) is 11.0 Å². The van der Waals surface area contributed by atoms with E-state index in [1.807, 2.05) is 11.4 Å². The maximum Gasteiger partial charge on any atom is 0.416 e. The Morgan fingerprint density at radius 2 is 1.70 bits per heavy atom. The third-order valence-corrected chi connectivity index (χ3v) is 15.5. The van der Waals surface area contributed by atoms with Crippen LogP contribution in [-0.4, -0.2) is 42.5 Å². The molecule has 0 saturated heterocycles. The Hall–Kier alpha value is -3.07. The lowest BCUT2D eigenvalue weighted by Crippen LogP contribution is -2.48. The molecule has 2 amide bonds. The summed E-state index contributed by atoms with van der Waals surface area (Å²) in [4.78, 5) is 26.4. The highest BCUT2D eigenvalue weighted by Gasteiger charge is 2.45. The summed E-state index contributed by atoms with van der Waals surface area (Å²) in [5.41, 5.74) is 1.15. The van der Waals surface area contributed by atoms with Gasteiger partial charge in [-0.3, -0.25) is 5.32 Å². The lowest BCUT2D eigenvalue weighted by molar-refractivity contribution is -0.137. The molecule has 1 atom stereocenters. The molecular formula is C29H36F3N5O3S2Si. The number of amides is 2. The summed E-state index contributed by atoms with van der Waals surface area (Å²) >= 11 is 2.77. The molecule has 4 rings (SSSR count). The first-order valence-electron chi connectivity index (χ1n) is 14.0. The number of hydrogen-bond acceptors (Lipinski definition) is 8. The highest BCUT2D eigenvalue weighted by atomic mass is 32.1. The molecule has 43 heavy (non-hydrogen) atoms. The van der Waals surface area contributed by atoms with Gasteiger partial charge >= 0.3 is 12.2 Å². The molecule has 0 fully saturated rings. The van der Waals surface area contributed by atoms with Crippen LogP contribution in [0.5, 0.6) is 5.88 Å². The fourth-order valence-corrected chi connectivity index (χ4v) is 12.7. The van der Waals surface area contributed by atoms with E-state index in [1.54, 1.807) is 6.20 Å². The van der Waals surface area contributed by atoms with E-state index >= 15 is 0 Å². The zero-order valence-corrected chi connectivity index (χ0v) is 27.5. The van der Waals surface area contributed by atoms with Crippen LogP contribution in [0.3, 0.4) is 0 Å². The summed E-state index contributed by atoms with van der Waals surface area (Å²) in [6.07, 6.45) is -1.37. The van der Waals surface area contributed by atoms with Crippen molar-refractivity contribution in [2.24, 2.45) is 0 Å². The molecule has 8 nitrogen and oxygen atoms in total. The molecule has 0 bridgehead atoms. The van der Waals surface area contributed by atoms with E-state index in [-0.39, 0.29) is 18.2 Å². The summed E-state index contributed by atoms with van der Waals surface area (Å²) in [7, 11) is -2.20. The quantitative estimate of drug-likeness (QED) is 0.148.